The summed E-state index contributed by atoms with van der Waals surface area (Å²) >= 11 is 0. The normalized spacial score (nSPS) is 10.4. The van der Waals surface area contributed by atoms with Gasteiger partial charge < -0.3 is 4.74 Å². The topological polar surface area (TPSA) is 9.23 Å². The fraction of sp³-hybridized carbons (Fsp3) is 0.0909. The van der Waals surface area contributed by atoms with E-state index in [-0.39, 0.29) is 5.82 Å². The summed E-state index contributed by atoms with van der Waals surface area (Å²) in [5.74, 6) is -0.0429. The average Bonchev–Trinajstić information content (AvgIpc) is 2.64. The molecule has 0 atom stereocenters. The largest absolute Gasteiger partial charge is 0.491 e. The third-order valence-electron chi connectivity index (χ3n) is 3.93. The Morgan fingerprint density at radius 1 is 0.833 bits per heavy atom. The van der Waals surface area contributed by atoms with Crippen molar-refractivity contribution in [3.63, 3.8) is 0 Å². The summed E-state index contributed by atoms with van der Waals surface area (Å²) in [6.07, 6.45) is 1.83. The van der Waals surface area contributed by atoms with Crippen LogP contribution in [0.15, 0.2) is 73.3 Å². The van der Waals surface area contributed by atoms with E-state index in [1.807, 2.05) is 55.5 Å². The Kier molecular flexibility index (Phi) is 4.76. The van der Waals surface area contributed by atoms with E-state index in [2.05, 4.69) is 18.7 Å². The molecule has 0 N–H and O–H groups in total. The van der Waals surface area contributed by atoms with Crippen LogP contribution in [0.5, 0.6) is 5.75 Å². The molecule has 3 rings (SSSR count). The summed E-state index contributed by atoms with van der Waals surface area (Å²) in [6, 6.07) is 21.4. The molecule has 0 aromatic heterocycles. The SMILES string of the molecule is C=Cc1ccc(-c2ccc(-c3ccc(OCC)c(F)c3)cc2)cc1. The van der Waals surface area contributed by atoms with Gasteiger partial charge in [0, 0.05) is 0 Å². The van der Waals surface area contributed by atoms with Crippen LogP contribution < -0.4 is 4.74 Å². The van der Waals surface area contributed by atoms with E-state index in [9.17, 15) is 4.39 Å². The molecule has 0 bridgehead atoms. The van der Waals surface area contributed by atoms with E-state index in [0.29, 0.717) is 12.4 Å². The van der Waals surface area contributed by atoms with Crippen molar-refractivity contribution in [2.45, 2.75) is 6.92 Å². The average molecular weight is 318 g/mol. The van der Waals surface area contributed by atoms with Crippen molar-refractivity contribution in [3.05, 3.63) is 84.7 Å². The van der Waals surface area contributed by atoms with Gasteiger partial charge in [-0.3, -0.25) is 0 Å². The van der Waals surface area contributed by atoms with Crippen molar-refractivity contribution in [2.75, 3.05) is 6.61 Å². The molecule has 0 amide bonds. The maximum atomic E-state index is 14.0. The van der Waals surface area contributed by atoms with Crippen LogP contribution in [0.2, 0.25) is 0 Å². The first kappa shape index (κ1) is 16.0. The Hall–Kier alpha value is -2.87. The highest BCUT2D eigenvalue weighted by atomic mass is 19.1. The lowest BCUT2D eigenvalue weighted by molar-refractivity contribution is 0.321. The first-order chi connectivity index (χ1) is 11.7. The van der Waals surface area contributed by atoms with Gasteiger partial charge in [-0.1, -0.05) is 67.3 Å². The standard InChI is InChI=1S/C22H19FO/c1-3-16-5-7-17(8-6-16)18-9-11-19(12-10-18)20-13-14-22(24-4-2)21(23)15-20/h3,5-15H,1,4H2,2H3. The van der Waals surface area contributed by atoms with Gasteiger partial charge in [0.05, 0.1) is 6.61 Å². The van der Waals surface area contributed by atoms with Crippen LogP contribution in [0.3, 0.4) is 0 Å². The molecule has 3 aromatic rings. The van der Waals surface area contributed by atoms with Gasteiger partial charge in [-0.05, 0) is 46.9 Å². The van der Waals surface area contributed by atoms with Crippen molar-refractivity contribution in [1.29, 1.82) is 0 Å². The molecule has 0 fully saturated rings. The minimum Gasteiger partial charge on any atom is -0.491 e. The smallest absolute Gasteiger partial charge is 0.165 e. The molecule has 0 aliphatic carbocycles. The molecule has 24 heavy (non-hydrogen) atoms. The monoisotopic (exact) mass is 318 g/mol. The number of benzene rings is 3. The van der Waals surface area contributed by atoms with Crippen LogP contribution in [-0.4, -0.2) is 6.61 Å². The van der Waals surface area contributed by atoms with E-state index in [1.54, 1.807) is 6.07 Å². The van der Waals surface area contributed by atoms with Crippen molar-refractivity contribution in [1.82, 2.24) is 0 Å². The summed E-state index contributed by atoms with van der Waals surface area (Å²) in [7, 11) is 0. The number of rotatable bonds is 5. The van der Waals surface area contributed by atoms with E-state index in [0.717, 1.165) is 27.8 Å². The van der Waals surface area contributed by atoms with Crippen molar-refractivity contribution in [3.8, 4) is 28.0 Å². The van der Waals surface area contributed by atoms with Crippen molar-refractivity contribution in [2.24, 2.45) is 0 Å². The summed E-state index contributed by atoms with van der Waals surface area (Å²) in [4.78, 5) is 0. The van der Waals surface area contributed by atoms with E-state index < -0.39 is 0 Å². The lowest BCUT2D eigenvalue weighted by Crippen LogP contribution is -1.94. The third-order valence-corrected chi connectivity index (χ3v) is 3.93. The predicted molar refractivity (Wildman–Crippen MR) is 98.5 cm³/mol. The first-order valence-electron chi connectivity index (χ1n) is 7.97. The van der Waals surface area contributed by atoms with Crippen LogP contribution in [0.4, 0.5) is 4.39 Å². The molecule has 3 aromatic carbocycles. The van der Waals surface area contributed by atoms with Crippen LogP contribution >= 0.6 is 0 Å². The Morgan fingerprint density at radius 2 is 1.33 bits per heavy atom. The second-order valence-electron chi connectivity index (χ2n) is 5.48. The number of ether oxygens (including phenoxy) is 1. The zero-order valence-corrected chi connectivity index (χ0v) is 13.6. The van der Waals surface area contributed by atoms with Crippen molar-refractivity contribution < 1.29 is 9.13 Å². The molecule has 0 spiro atoms. The molecule has 0 aliphatic heterocycles. The van der Waals surface area contributed by atoms with Gasteiger partial charge in [-0.2, -0.15) is 0 Å². The first-order valence-corrected chi connectivity index (χ1v) is 7.97. The number of hydrogen-bond acceptors (Lipinski definition) is 1. The minimum atomic E-state index is -0.335. The molecule has 0 aliphatic rings. The van der Waals surface area contributed by atoms with E-state index in [4.69, 9.17) is 4.74 Å². The number of hydrogen-bond donors (Lipinski definition) is 0. The van der Waals surface area contributed by atoms with Crippen LogP contribution in [-0.2, 0) is 0 Å². The lowest BCUT2D eigenvalue weighted by atomic mass is 9.99. The lowest BCUT2D eigenvalue weighted by Gasteiger charge is -2.08. The maximum Gasteiger partial charge on any atom is 0.165 e. The second-order valence-corrected chi connectivity index (χ2v) is 5.48. The summed E-state index contributed by atoms with van der Waals surface area (Å²) in [5.41, 5.74) is 5.18. The van der Waals surface area contributed by atoms with Crippen molar-refractivity contribution >= 4 is 6.08 Å². The zero-order chi connectivity index (χ0) is 16.9. The molecule has 0 radical (unpaired) electrons. The van der Waals surface area contributed by atoms with Gasteiger partial charge in [-0.15, -0.1) is 0 Å². The molecule has 0 saturated heterocycles. The van der Waals surface area contributed by atoms with Crippen LogP contribution in [0.25, 0.3) is 28.3 Å². The highest BCUT2D eigenvalue weighted by Gasteiger charge is 2.06. The molecular weight excluding hydrogens is 299 g/mol. The van der Waals surface area contributed by atoms with Gasteiger partial charge in [0.15, 0.2) is 11.6 Å². The Morgan fingerprint density at radius 3 is 1.83 bits per heavy atom. The number of halogens is 1. The molecule has 2 heteroatoms. The molecular formula is C22H19FO. The molecule has 1 nitrogen and oxygen atoms in total. The summed E-state index contributed by atoms with van der Waals surface area (Å²) in [5, 5.41) is 0. The third kappa shape index (κ3) is 3.38. The highest BCUT2D eigenvalue weighted by molar-refractivity contribution is 5.71. The Balaban J connectivity index is 1.86. The summed E-state index contributed by atoms with van der Waals surface area (Å²) in [6.45, 7) is 6.06. The van der Waals surface area contributed by atoms with Crippen LogP contribution in [0.1, 0.15) is 12.5 Å². The Labute approximate surface area is 142 Å². The van der Waals surface area contributed by atoms with Crippen LogP contribution in [0, 0.1) is 5.82 Å². The molecule has 0 unspecified atom stereocenters. The second kappa shape index (κ2) is 7.14. The zero-order valence-electron chi connectivity index (χ0n) is 13.6. The van der Waals surface area contributed by atoms with Gasteiger partial charge in [-0.25, -0.2) is 4.39 Å². The fourth-order valence-electron chi connectivity index (χ4n) is 2.62. The van der Waals surface area contributed by atoms with Gasteiger partial charge in [0.2, 0.25) is 0 Å². The van der Waals surface area contributed by atoms with Gasteiger partial charge >= 0.3 is 0 Å². The van der Waals surface area contributed by atoms with Gasteiger partial charge in [0.1, 0.15) is 0 Å². The van der Waals surface area contributed by atoms with Gasteiger partial charge in [0.25, 0.3) is 0 Å². The van der Waals surface area contributed by atoms with E-state index in [1.165, 1.54) is 6.07 Å². The fourth-order valence-corrected chi connectivity index (χ4v) is 2.62. The maximum absolute atomic E-state index is 14.0. The summed E-state index contributed by atoms with van der Waals surface area (Å²) < 4.78 is 19.2. The molecule has 0 saturated carbocycles. The molecule has 120 valence electrons. The predicted octanol–water partition coefficient (Wildman–Crippen LogP) is 6.20. The minimum absolute atomic E-state index is 0.292. The Bertz CT molecular complexity index is 833. The quantitative estimate of drug-likeness (QED) is 0.544. The molecule has 0 heterocycles. The van der Waals surface area contributed by atoms with E-state index >= 15 is 0 Å². The highest BCUT2D eigenvalue weighted by Crippen LogP contribution is 2.28.